The van der Waals surface area contributed by atoms with E-state index in [2.05, 4.69) is 0 Å². The minimum Gasteiger partial charge on any atom is -0.492 e. The van der Waals surface area contributed by atoms with Gasteiger partial charge in [0.2, 0.25) is 0 Å². The average Bonchev–Trinajstić information content (AvgIpc) is 2.25. The molecule has 0 aliphatic heterocycles. The summed E-state index contributed by atoms with van der Waals surface area (Å²) < 4.78 is 5.41. The molecule has 1 aromatic carbocycles. The Hall–Kier alpha value is -1.33. The number of rotatable bonds is 6. The lowest BCUT2D eigenvalue weighted by atomic mass is 10.3. The molecule has 0 saturated heterocycles. The van der Waals surface area contributed by atoms with Gasteiger partial charge in [0, 0.05) is 12.6 Å². The summed E-state index contributed by atoms with van der Waals surface area (Å²) in [7, 11) is 3.95. The summed E-state index contributed by atoms with van der Waals surface area (Å²) in [5.74, 6) is 0.361. The molecule has 0 spiro atoms. The largest absolute Gasteiger partial charge is 0.492 e. The number of nitro groups is 1. The van der Waals surface area contributed by atoms with E-state index in [9.17, 15) is 10.1 Å². The van der Waals surface area contributed by atoms with Crippen molar-refractivity contribution in [2.75, 3.05) is 27.2 Å². The third-order valence-corrected chi connectivity index (χ3v) is 2.53. The maximum Gasteiger partial charge on any atom is 0.291 e. The van der Waals surface area contributed by atoms with Gasteiger partial charge in [0.1, 0.15) is 5.75 Å². The Morgan fingerprint density at radius 3 is 2.76 bits per heavy atom. The minimum atomic E-state index is -0.519. The second-order valence-electron chi connectivity index (χ2n) is 3.85. The van der Waals surface area contributed by atoms with E-state index in [1.165, 1.54) is 6.07 Å². The Labute approximate surface area is 105 Å². The van der Waals surface area contributed by atoms with Gasteiger partial charge in [-0.1, -0.05) is 17.7 Å². The highest BCUT2D eigenvalue weighted by Crippen LogP contribution is 2.33. The first kappa shape index (κ1) is 13.7. The Kier molecular flexibility index (Phi) is 5.18. The molecule has 0 saturated carbocycles. The molecule has 0 radical (unpaired) electrons. The predicted octanol–water partition coefficient (Wildman–Crippen LogP) is 2.58. The Morgan fingerprint density at radius 2 is 2.18 bits per heavy atom. The maximum atomic E-state index is 10.7. The van der Waals surface area contributed by atoms with Crippen LogP contribution in [0.25, 0.3) is 0 Å². The topological polar surface area (TPSA) is 55.6 Å². The van der Waals surface area contributed by atoms with Crippen LogP contribution in [0.2, 0.25) is 5.02 Å². The molecule has 1 rings (SSSR count). The standard InChI is InChI=1S/C11H15ClN2O3/c1-13(2)7-4-8-17-10-6-3-5-9(11(10)12)14(15)16/h3,5-6H,4,7-8H2,1-2H3. The summed E-state index contributed by atoms with van der Waals surface area (Å²) in [6, 6.07) is 4.55. The van der Waals surface area contributed by atoms with Crippen molar-refractivity contribution in [1.82, 2.24) is 4.90 Å². The number of nitro benzene ring substituents is 1. The number of halogens is 1. The zero-order chi connectivity index (χ0) is 12.8. The van der Waals surface area contributed by atoms with E-state index < -0.39 is 4.92 Å². The zero-order valence-electron chi connectivity index (χ0n) is 9.85. The molecule has 6 heteroatoms. The van der Waals surface area contributed by atoms with Gasteiger partial charge < -0.3 is 9.64 Å². The van der Waals surface area contributed by atoms with E-state index in [-0.39, 0.29) is 10.7 Å². The molecule has 0 aliphatic rings. The molecule has 0 aromatic heterocycles. The van der Waals surface area contributed by atoms with Crippen LogP contribution in [0, 0.1) is 10.1 Å². The van der Waals surface area contributed by atoms with Gasteiger partial charge in [-0.05, 0) is 26.6 Å². The molecular weight excluding hydrogens is 244 g/mol. The van der Waals surface area contributed by atoms with Gasteiger partial charge in [-0.25, -0.2) is 0 Å². The van der Waals surface area contributed by atoms with Crippen molar-refractivity contribution < 1.29 is 9.66 Å². The van der Waals surface area contributed by atoms with Crippen LogP contribution in [0.4, 0.5) is 5.69 Å². The van der Waals surface area contributed by atoms with Crippen molar-refractivity contribution in [2.24, 2.45) is 0 Å². The van der Waals surface area contributed by atoms with Crippen LogP contribution in [0.15, 0.2) is 18.2 Å². The van der Waals surface area contributed by atoms with Crippen molar-refractivity contribution in [1.29, 1.82) is 0 Å². The molecule has 0 fully saturated rings. The van der Waals surface area contributed by atoms with Gasteiger partial charge in [0.15, 0.2) is 5.02 Å². The van der Waals surface area contributed by atoms with Crippen molar-refractivity contribution >= 4 is 17.3 Å². The van der Waals surface area contributed by atoms with Gasteiger partial charge in [-0.2, -0.15) is 0 Å². The fourth-order valence-electron chi connectivity index (χ4n) is 1.31. The maximum absolute atomic E-state index is 10.7. The van der Waals surface area contributed by atoms with Crippen LogP contribution >= 0.6 is 11.6 Å². The van der Waals surface area contributed by atoms with E-state index in [4.69, 9.17) is 16.3 Å². The van der Waals surface area contributed by atoms with Crippen LogP contribution in [-0.2, 0) is 0 Å². The molecule has 0 amide bonds. The van der Waals surface area contributed by atoms with Crippen LogP contribution in [-0.4, -0.2) is 37.1 Å². The number of hydrogen-bond acceptors (Lipinski definition) is 4. The van der Waals surface area contributed by atoms with Crippen molar-refractivity contribution in [3.05, 3.63) is 33.3 Å². The van der Waals surface area contributed by atoms with E-state index in [1.54, 1.807) is 12.1 Å². The summed E-state index contributed by atoms with van der Waals surface area (Å²) in [5, 5.41) is 10.7. The monoisotopic (exact) mass is 258 g/mol. The van der Waals surface area contributed by atoms with Gasteiger partial charge in [0.25, 0.3) is 5.69 Å². The Balaban J connectivity index is 2.59. The van der Waals surface area contributed by atoms with Crippen molar-refractivity contribution in [3.8, 4) is 5.75 Å². The fourth-order valence-corrected chi connectivity index (χ4v) is 1.56. The first-order valence-electron chi connectivity index (χ1n) is 5.23. The summed E-state index contributed by atoms with van der Waals surface area (Å²) in [6.07, 6.45) is 0.839. The first-order chi connectivity index (χ1) is 8.02. The molecule has 1 aromatic rings. The number of hydrogen-bond donors (Lipinski definition) is 0. The molecule has 0 bridgehead atoms. The third kappa shape index (κ3) is 4.20. The molecule has 0 heterocycles. The molecular formula is C11H15ClN2O3. The quantitative estimate of drug-likeness (QED) is 0.447. The highest BCUT2D eigenvalue weighted by molar-refractivity contribution is 6.34. The minimum absolute atomic E-state index is 0.0577. The lowest BCUT2D eigenvalue weighted by molar-refractivity contribution is -0.384. The Bertz CT molecular complexity index is 396. The SMILES string of the molecule is CN(C)CCCOc1cccc([N+](=O)[O-])c1Cl. The molecule has 0 unspecified atom stereocenters. The van der Waals surface area contributed by atoms with Gasteiger partial charge in [0.05, 0.1) is 11.5 Å². The molecule has 17 heavy (non-hydrogen) atoms. The van der Waals surface area contributed by atoms with Crippen molar-refractivity contribution in [3.63, 3.8) is 0 Å². The highest BCUT2D eigenvalue weighted by Gasteiger charge is 2.15. The van der Waals surface area contributed by atoms with Crippen LogP contribution in [0.1, 0.15) is 6.42 Å². The van der Waals surface area contributed by atoms with Crippen molar-refractivity contribution in [2.45, 2.75) is 6.42 Å². The molecule has 5 nitrogen and oxygen atoms in total. The van der Waals surface area contributed by atoms with E-state index in [0.29, 0.717) is 12.4 Å². The molecule has 0 atom stereocenters. The summed E-state index contributed by atoms with van der Waals surface area (Å²) >= 11 is 5.87. The van der Waals surface area contributed by atoms with Crippen LogP contribution in [0.3, 0.4) is 0 Å². The molecule has 0 aliphatic carbocycles. The third-order valence-electron chi connectivity index (χ3n) is 2.15. The summed E-state index contributed by atoms with van der Waals surface area (Å²) in [4.78, 5) is 12.2. The average molecular weight is 259 g/mol. The van der Waals surface area contributed by atoms with Gasteiger partial charge in [-0.15, -0.1) is 0 Å². The number of benzene rings is 1. The lowest BCUT2D eigenvalue weighted by Crippen LogP contribution is -2.15. The summed E-state index contributed by atoms with van der Waals surface area (Å²) in [5.41, 5.74) is -0.128. The van der Waals surface area contributed by atoms with E-state index in [0.717, 1.165) is 13.0 Å². The summed E-state index contributed by atoms with van der Waals surface area (Å²) in [6.45, 7) is 1.38. The molecule has 94 valence electrons. The normalized spacial score (nSPS) is 10.6. The smallest absolute Gasteiger partial charge is 0.291 e. The Morgan fingerprint density at radius 1 is 1.47 bits per heavy atom. The number of nitrogens with zero attached hydrogens (tertiary/aromatic N) is 2. The second-order valence-corrected chi connectivity index (χ2v) is 4.23. The zero-order valence-corrected chi connectivity index (χ0v) is 10.6. The van der Waals surface area contributed by atoms with Gasteiger partial charge in [-0.3, -0.25) is 10.1 Å². The first-order valence-corrected chi connectivity index (χ1v) is 5.60. The van der Waals surface area contributed by atoms with E-state index >= 15 is 0 Å². The predicted molar refractivity (Wildman–Crippen MR) is 66.8 cm³/mol. The van der Waals surface area contributed by atoms with E-state index in [1.807, 2.05) is 19.0 Å². The van der Waals surface area contributed by atoms with Gasteiger partial charge >= 0.3 is 0 Å². The highest BCUT2D eigenvalue weighted by atomic mass is 35.5. The second kappa shape index (κ2) is 6.42. The van der Waals surface area contributed by atoms with Crippen LogP contribution < -0.4 is 4.74 Å². The fraction of sp³-hybridized carbons (Fsp3) is 0.455. The van der Waals surface area contributed by atoms with Crippen LogP contribution in [0.5, 0.6) is 5.75 Å². The lowest BCUT2D eigenvalue weighted by Gasteiger charge is -2.11. The number of ether oxygens (including phenoxy) is 1. The molecule has 0 N–H and O–H groups in total.